The van der Waals surface area contributed by atoms with Gasteiger partial charge in [-0.2, -0.15) is 16.4 Å². The molecule has 2 aromatic heterocycles. The monoisotopic (exact) mass is 347 g/mol. The molecule has 0 unspecified atom stereocenters. The first-order valence-corrected chi connectivity index (χ1v) is 8.80. The lowest BCUT2D eigenvalue weighted by atomic mass is 9.95. The summed E-state index contributed by atoms with van der Waals surface area (Å²) in [5.41, 5.74) is 1.60. The van der Waals surface area contributed by atoms with E-state index in [0.717, 1.165) is 11.1 Å². The number of carbonyl (C=O) groups excluding carboxylic acids is 1. The normalized spacial score (nSPS) is 21.5. The molecule has 0 radical (unpaired) electrons. The Kier molecular flexibility index (Phi) is 4.21. The average Bonchev–Trinajstić information content (AvgIpc) is 3.19. The van der Waals surface area contributed by atoms with Crippen molar-refractivity contribution in [2.45, 2.75) is 45.3 Å². The molecular weight excluding hydrogens is 326 g/mol. The van der Waals surface area contributed by atoms with Gasteiger partial charge in [-0.3, -0.25) is 14.3 Å². The van der Waals surface area contributed by atoms with Crippen LogP contribution in [0, 0.1) is 5.92 Å². The van der Waals surface area contributed by atoms with Gasteiger partial charge in [0.15, 0.2) is 0 Å². The SMILES string of the molecule is CC(C)(C)n1cc([C@@H]2[C@H](C(=O)O)CC(=O)N2Cc2ccsc2)cn1. The summed E-state index contributed by atoms with van der Waals surface area (Å²) in [5, 5.41) is 17.9. The lowest BCUT2D eigenvalue weighted by Crippen LogP contribution is -2.30. The van der Waals surface area contributed by atoms with Crippen LogP contribution < -0.4 is 0 Å². The highest BCUT2D eigenvalue weighted by Crippen LogP contribution is 2.39. The molecule has 0 saturated carbocycles. The van der Waals surface area contributed by atoms with E-state index >= 15 is 0 Å². The molecule has 0 aromatic carbocycles. The van der Waals surface area contributed by atoms with E-state index in [9.17, 15) is 14.7 Å². The van der Waals surface area contributed by atoms with E-state index in [1.165, 1.54) is 0 Å². The van der Waals surface area contributed by atoms with Crippen LogP contribution in [-0.4, -0.2) is 31.7 Å². The van der Waals surface area contributed by atoms with Crippen LogP contribution in [0.1, 0.15) is 44.4 Å². The van der Waals surface area contributed by atoms with Crippen molar-refractivity contribution in [3.05, 3.63) is 40.3 Å². The average molecular weight is 347 g/mol. The van der Waals surface area contributed by atoms with E-state index in [2.05, 4.69) is 5.10 Å². The number of hydrogen-bond acceptors (Lipinski definition) is 4. The Morgan fingerprint density at radius 1 is 1.46 bits per heavy atom. The molecule has 3 rings (SSSR count). The van der Waals surface area contributed by atoms with Crippen LogP contribution in [-0.2, 0) is 21.7 Å². The highest BCUT2D eigenvalue weighted by molar-refractivity contribution is 7.07. The van der Waals surface area contributed by atoms with E-state index in [-0.39, 0.29) is 17.9 Å². The smallest absolute Gasteiger partial charge is 0.309 e. The number of carboxylic acid groups (broad SMARTS) is 1. The molecule has 7 heteroatoms. The number of rotatable bonds is 4. The number of aromatic nitrogens is 2. The van der Waals surface area contributed by atoms with E-state index in [4.69, 9.17) is 0 Å². The van der Waals surface area contributed by atoms with E-state index in [1.807, 2.05) is 48.5 Å². The Labute approximate surface area is 144 Å². The number of amides is 1. The summed E-state index contributed by atoms with van der Waals surface area (Å²) in [4.78, 5) is 25.8. The molecule has 6 nitrogen and oxygen atoms in total. The van der Waals surface area contributed by atoms with Gasteiger partial charge in [0.05, 0.1) is 23.7 Å². The van der Waals surface area contributed by atoms with Crippen LogP contribution in [0.5, 0.6) is 0 Å². The molecule has 1 N–H and O–H groups in total. The third kappa shape index (κ3) is 3.08. The zero-order valence-corrected chi connectivity index (χ0v) is 14.8. The Morgan fingerprint density at radius 3 is 2.75 bits per heavy atom. The first-order valence-electron chi connectivity index (χ1n) is 7.86. The van der Waals surface area contributed by atoms with Crippen molar-refractivity contribution in [2.24, 2.45) is 5.92 Å². The molecule has 1 saturated heterocycles. The molecule has 1 aliphatic heterocycles. The van der Waals surface area contributed by atoms with E-state index in [0.29, 0.717) is 6.54 Å². The molecule has 128 valence electrons. The minimum absolute atomic E-state index is 0.0326. The van der Waals surface area contributed by atoms with Crippen LogP contribution in [0.4, 0.5) is 0 Å². The van der Waals surface area contributed by atoms with E-state index < -0.39 is 17.9 Å². The van der Waals surface area contributed by atoms with E-state index in [1.54, 1.807) is 22.4 Å². The molecule has 0 spiro atoms. The molecule has 0 aliphatic carbocycles. The Hall–Kier alpha value is -2.15. The number of hydrogen-bond donors (Lipinski definition) is 1. The van der Waals surface area contributed by atoms with Gasteiger partial charge in [0.2, 0.25) is 5.91 Å². The van der Waals surface area contributed by atoms with Crippen molar-refractivity contribution in [2.75, 3.05) is 0 Å². The fourth-order valence-electron chi connectivity index (χ4n) is 3.05. The van der Waals surface area contributed by atoms with Crippen molar-refractivity contribution in [3.63, 3.8) is 0 Å². The van der Waals surface area contributed by atoms with Crippen molar-refractivity contribution in [1.82, 2.24) is 14.7 Å². The first-order chi connectivity index (χ1) is 11.3. The number of carbonyl (C=O) groups is 2. The van der Waals surface area contributed by atoms with Gasteiger partial charge in [-0.15, -0.1) is 0 Å². The number of carboxylic acids is 1. The minimum Gasteiger partial charge on any atom is -0.481 e. The number of nitrogens with zero attached hydrogens (tertiary/aromatic N) is 3. The van der Waals surface area contributed by atoms with Gasteiger partial charge >= 0.3 is 5.97 Å². The van der Waals surface area contributed by atoms with Gasteiger partial charge in [0.25, 0.3) is 0 Å². The highest BCUT2D eigenvalue weighted by Gasteiger charge is 2.45. The van der Waals surface area contributed by atoms with Crippen molar-refractivity contribution < 1.29 is 14.7 Å². The molecule has 1 aliphatic rings. The maximum Gasteiger partial charge on any atom is 0.309 e. The summed E-state index contributed by atoms with van der Waals surface area (Å²) in [7, 11) is 0. The topological polar surface area (TPSA) is 75.4 Å². The third-order valence-corrected chi connectivity index (χ3v) is 5.05. The quantitative estimate of drug-likeness (QED) is 0.923. The molecule has 2 atom stereocenters. The Morgan fingerprint density at radius 2 is 2.21 bits per heavy atom. The predicted molar refractivity (Wildman–Crippen MR) is 90.6 cm³/mol. The van der Waals surface area contributed by atoms with Crippen molar-refractivity contribution in [1.29, 1.82) is 0 Å². The van der Waals surface area contributed by atoms with Gasteiger partial charge in [-0.25, -0.2) is 0 Å². The predicted octanol–water partition coefficient (Wildman–Crippen LogP) is 2.87. The molecule has 1 amide bonds. The third-order valence-electron chi connectivity index (χ3n) is 4.31. The van der Waals surface area contributed by atoms with Gasteiger partial charge in [-0.1, -0.05) is 0 Å². The van der Waals surface area contributed by atoms with Crippen LogP contribution in [0.25, 0.3) is 0 Å². The second kappa shape index (κ2) is 6.05. The Bertz CT molecular complexity index is 745. The minimum atomic E-state index is -0.940. The fourth-order valence-corrected chi connectivity index (χ4v) is 3.71. The lowest BCUT2D eigenvalue weighted by Gasteiger charge is -2.26. The molecule has 24 heavy (non-hydrogen) atoms. The fraction of sp³-hybridized carbons (Fsp3) is 0.471. The second-order valence-electron chi connectivity index (χ2n) is 7.14. The maximum atomic E-state index is 12.4. The number of aliphatic carboxylic acids is 1. The second-order valence-corrected chi connectivity index (χ2v) is 7.92. The molecule has 1 fully saturated rings. The maximum absolute atomic E-state index is 12.4. The summed E-state index contributed by atoms with van der Waals surface area (Å²) in [6.45, 7) is 6.52. The number of likely N-dealkylation sites (tertiary alicyclic amines) is 1. The Balaban J connectivity index is 1.96. The number of thiophene rings is 1. The molecule has 0 bridgehead atoms. The standard InChI is InChI=1S/C17H21N3O3S/c1-17(2,3)20-9-12(7-18-20)15-13(16(22)23)6-14(21)19(15)8-11-4-5-24-10-11/h4-5,7,9-10,13,15H,6,8H2,1-3H3,(H,22,23)/t13-,15-/m1/s1. The summed E-state index contributed by atoms with van der Waals surface area (Å²) in [6.07, 6.45) is 3.58. The van der Waals surface area contributed by atoms with Crippen LogP contribution in [0.2, 0.25) is 0 Å². The lowest BCUT2D eigenvalue weighted by molar-refractivity contribution is -0.142. The molecule has 3 heterocycles. The zero-order valence-electron chi connectivity index (χ0n) is 14.0. The van der Waals surface area contributed by atoms with Crippen LogP contribution in [0.15, 0.2) is 29.2 Å². The zero-order chi connectivity index (χ0) is 17.5. The summed E-state index contributed by atoms with van der Waals surface area (Å²) >= 11 is 1.57. The first kappa shape index (κ1) is 16.7. The summed E-state index contributed by atoms with van der Waals surface area (Å²) in [6, 6.07) is 1.48. The van der Waals surface area contributed by atoms with Crippen LogP contribution >= 0.6 is 11.3 Å². The highest BCUT2D eigenvalue weighted by atomic mass is 32.1. The van der Waals surface area contributed by atoms with Gasteiger partial charge < -0.3 is 10.0 Å². The summed E-state index contributed by atoms with van der Waals surface area (Å²) < 4.78 is 1.81. The molecule has 2 aromatic rings. The van der Waals surface area contributed by atoms with Gasteiger partial charge in [-0.05, 0) is 43.2 Å². The summed E-state index contributed by atoms with van der Waals surface area (Å²) in [5.74, 6) is -1.81. The largest absolute Gasteiger partial charge is 0.481 e. The van der Waals surface area contributed by atoms with Gasteiger partial charge in [0, 0.05) is 24.7 Å². The molecular formula is C17H21N3O3S. The van der Waals surface area contributed by atoms with Crippen molar-refractivity contribution in [3.8, 4) is 0 Å². The van der Waals surface area contributed by atoms with Crippen LogP contribution in [0.3, 0.4) is 0 Å². The van der Waals surface area contributed by atoms with Crippen molar-refractivity contribution >= 4 is 23.2 Å². The van der Waals surface area contributed by atoms with Gasteiger partial charge in [0.1, 0.15) is 0 Å².